The van der Waals surface area contributed by atoms with E-state index in [4.69, 9.17) is 16.3 Å². The van der Waals surface area contributed by atoms with Gasteiger partial charge in [0.25, 0.3) is 5.91 Å². The van der Waals surface area contributed by atoms with Crippen molar-refractivity contribution in [2.24, 2.45) is 0 Å². The van der Waals surface area contributed by atoms with E-state index in [0.717, 1.165) is 37.7 Å². The van der Waals surface area contributed by atoms with Crippen molar-refractivity contribution in [2.75, 3.05) is 41.4 Å². The van der Waals surface area contributed by atoms with E-state index in [-0.39, 0.29) is 18.2 Å². The van der Waals surface area contributed by atoms with Gasteiger partial charge in [-0.2, -0.15) is 0 Å². The lowest BCUT2D eigenvalue weighted by atomic mass is 10.2. The van der Waals surface area contributed by atoms with Crippen LogP contribution in [0.25, 0.3) is 0 Å². The summed E-state index contributed by atoms with van der Waals surface area (Å²) in [4.78, 5) is 28.5. The Morgan fingerprint density at radius 1 is 1.00 bits per heavy atom. The van der Waals surface area contributed by atoms with Crippen LogP contribution in [-0.2, 0) is 14.3 Å². The van der Waals surface area contributed by atoms with Gasteiger partial charge in [-0.3, -0.25) is 9.59 Å². The van der Waals surface area contributed by atoms with Gasteiger partial charge in [0.15, 0.2) is 0 Å². The van der Waals surface area contributed by atoms with Crippen molar-refractivity contribution >= 4 is 40.5 Å². The number of nitrogens with one attached hydrogen (secondary N) is 1. The Morgan fingerprint density at radius 3 is 2.44 bits per heavy atom. The van der Waals surface area contributed by atoms with Crippen LogP contribution in [0.3, 0.4) is 0 Å². The molecule has 2 heterocycles. The van der Waals surface area contributed by atoms with Crippen molar-refractivity contribution in [3.8, 4) is 0 Å². The van der Waals surface area contributed by atoms with Gasteiger partial charge in [0.2, 0.25) is 5.91 Å². The Morgan fingerprint density at radius 2 is 1.74 bits per heavy atom. The van der Waals surface area contributed by atoms with Crippen molar-refractivity contribution in [3.63, 3.8) is 0 Å². The van der Waals surface area contributed by atoms with Crippen LogP contribution in [0.5, 0.6) is 0 Å². The molecular formula is C20H20ClN3O3. The molecule has 2 aromatic rings. The maximum Gasteiger partial charge on any atom is 0.256 e. The van der Waals surface area contributed by atoms with Gasteiger partial charge in [-0.1, -0.05) is 17.7 Å². The molecule has 2 fully saturated rings. The lowest BCUT2D eigenvalue weighted by molar-refractivity contribution is -0.121. The van der Waals surface area contributed by atoms with E-state index in [1.54, 1.807) is 24.3 Å². The van der Waals surface area contributed by atoms with E-state index in [1.807, 2.05) is 24.3 Å². The second-order valence-corrected chi connectivity index (χ2v) is 7.03. The molecule has 0 saturated carbocycles. The van der Waals surface area contributed by atoms with E-state index in [9.17, 15) is 9.59 Å². The second kappa shape index (κ2) is 7.58. The monoisotopic (exact) mass is 385 g/mol. The molecule has 2 saturated heterocycles. The molecule has 27 heavy (non-hydrogen) atoms. The van der Waals surface area contributed by atoms with Crippen LogP contribution in [0.1, 0.15) is 6.42 Å². The largest absolute Gasteiger partial charge is 0.378 e. The van der Waals surface area contributed by atoms with Gasteiger partial charge in [0, 0.05) is 29.5 Å². The predicted molar refractivity (Wildman–Crippen MR) is 105 cm³/mol. The molecule has 0 aromatic heterocycles. The maximum atomic E-state index is 12.7. The van der Waals surface area contributed by atoms with Crippen LogP contribution in [0.2, 0.25) is 5.02 Å². The first-order valence-corrected chi connectivity index (χ1v) is 9.31. The summed E-state index contributed by atoms with van der Waals surface area (Å²) in [6.07, 6.45) is 0.122. The number of hydrogen-bond acceptors (Lipinski definition) is 5. The van der Waals surface area contributed by atoms with Crippen LogP contribution in [0.15, 0.2) is 48.5 Å². The first-order chi connectivity index (χ1) is 13.1. The molecule has 2 aromatic carbocycles. The number of anilines is 3. The van der Waals surface area contributed by atoms with Crippen molar-refractivity contribution < 1.29 is 14.3 Å². The second-order valence-electron chi connectivity index (χ2n) is 6.59. The number of rotatable bonds is 4. The molecule has 6 nitrogen and oxygen atoms in total. The quantitative estimate of drug-likeness (QED) is 0.820. The van der Waals surface area contributed by atoms with Gasteiger partial charge in [0.05, 0.1) is 25.3 Å². The van der Waals surface area contributed by atoms with Gasteiger partial charge >= 0.3 is 0 Å². The van der Waals surface area contributed by atoms with Crippen molar-refractivity contribution in [1.29, 1.82) is 0 Å². The molecule has 2 aliphatic heterocycles. The molecule has 0 spiro atoms. The summed E-state index contributed by atoms with van der Waals surface area (Å²) in [6.45, 7) is 3.21. The van der Waals surface area contributed by atoms with Gasteiger partial charge < -0.3 is 15.0 Å². The van der Waals surface area contributed by atoms with E-state index in [1.165, 1.54) is 4.90 Å². The molecule has 1 N–H and O–H groups in total. The topological polar surface area (TPSA) is 61.9 Å². The minimum atomic E-state index is -0.578. The smallest absolute Gasteiger partial charge is 0.256 e. The summed E-state index contributed by atoms with van der Waals surface area (Å²) in [7, 11) is 0. The fourth-order valence-electron chi connectivity index (χ4n) is 3.42. The number of carbonyl (C=O) groups excluding carboxylic acids is 2. The molecule has 140 valence electrons. The highest BCUT2D eigenvalue weighted by molar-refractivity contribution is 6.31. The van der Waals surface area contributed by atoms with Crippen LogP contribution < -0.4 is 15.1 Å². The van der Waals surface area contributed by atoms with Gasteiger partial charge in [-0.05, 0) is 42.5 Å². The minimum absolute atomic E-state index is 0.122. The number of morpholine rings is 1. The summed E-state index contributed by atoms with van der Waals surface area (Å²) < 4.78 is 5.37. The van der Waals surface area contributed by atoms with Gasteiger partial charge in [-0.15, -0.1) is 0 Å². The highest BCUT2D eigenvalue weighted by Crippen LogP contribution is 2.27. The Hall–Kier alpha value is -2.57. The average Bonchev–Trinajstić information content (AvgIpc) is 2.96. The van der Waals surface area contributed by atoms with Crippen molar-refractivity contribution in [2.45, 2.75) is 12.5 Å². The van der Waals surface area contributed by atoms with Crippen molar-refractivity contribution in [3.05, 3.63) is 53.6 Å². The number of imide groups is 1. The molecule has 0 bridgehead atoms. The third kappa shape index (κ3) is 3.77. The molecule has 2 aliphatic rings. The summed E-state index contributed by atoms with van der Waals surface area (Å²) in [5.74, 6) is -0.496. The zero-order chi connectivity index (χ0) is 18.8. The Labute approximate surface area is 162 Å². The highest BCUT2D eigenvalue weighted by atomic mass is 35.5. The Kier molecular flexibility index (Phi) is 5.01. The number of benzene rings is 2. The zero-order valence-electron chi connectivity index (χ0n) is 14.7. The maximum absolute atomic E-state index is 12.7. The Bertz CT molecular complexity index is 850. The van der Waals surface area contributed by atoms with Crippen LogP contribution >= 0.6 is 11.6 Å². The third-order valence-corrected chi connectivity index (χ3v) is 5.03. The van der Waals surface area contributed by atoms with E-state index in [0.29, 0.717) is 10.7 Å². The molecule has 2 amide bonds. The van der Waals surface area contributed by atoms with Crippen LogP contribution in [0, 0.1) is 0 Å². The molecule has 1 atom stereocenters. The molecule has 0 radical (unpaired) electrons. The number of halogens is 1. The fraction of sp³-hybridized carbons (Fsp3) is 0.300. The number of amides is 2. The van der Waals surface area contributed by atoms with Gasteiger partial charge in [-0.25, -0.2) is 4.90 Å². The lowest BCUT2D eigenvalue weighted by Crippen LogP contribution is -2.36. The summed E-state index contributed by atoms with van der Waals surface area (Å²) >= 11 is 5.99. The molecule has 0 unspecified atom stereocenters. The van der Waals surface area contributed by atoms with Gasteiger partial charge in [0.1, 0.15) is 6.04 Å². The summed E-state index contributed by atoms with van der Waals surface area (Å²) in [5, 5.41) is 3.67. The van der Waals surface area contributed by atoms with E-state index < -0.39 is 6.04 Å². The number of ether oxygens (including phenoxy) is 1. The minimum Gasteiger partial charge on any atom is -0.378 e. The molecule has 4 rings (SSSR count). The highest BCUT2D eigenvalue weighted by Gasteiger charge is 2.39. The lowest BCUT2D eigenvalue weighted by Gasteiger charge is -2.29. The number of nitrogens with zero attached hydrogens (tertiary/aromatic N) is 2. The normalized spacial score (nSPS) is 20.3. The van der Waals surface area contributed by atoms with Crippen molar-refractivity contribution in [1.82, 2.24) is 0 Å². The number of carbonyl (C=O) groups is 2. The SMILES string of the molecule is O=C1C[C@H](Nc2ccc(N3CCOCC3)cc2)C(=O)N1c1cccc(Cl)c1. The molecule has 7 heteroatoms. The average molecular weight is 386 g/mol. The number of hydrogen-bond donors (Lipinski definition) is 1. The van der Waals surface area contributed by atoms with Crippen LogP contribution in [-0.4, -0.2) is 44.2 Å². The molecular weight excluding hydrogens is 366 g/mol. The van der Waals surface area contributed by atoms with E-state index >= 15 is 0 Å². The summed E-state index contributed by atoms with van der Waals surface area (Å²) in [5.41, 5.74) is 2.44. The zero-order valence-corrected chi connectivity index (χ0v) is 15.5. The molecule has 0 aliphatic carbocycles. The van der Waals surface area contributed by atoms with Crippen LogP contribution in [0.4, 0.5) is 17.1 Å². The third-order valence-electron chi connectivity index (χ3n) is 4.80. The summed E-state index contributed by atoms with van der Waals surface area (Å²) in [6, 6.07) is 14.1. The first kappa shape index (κ1) is 17.8. The predicted octanol–water partition coefficient (Wildman–Crippen LogP) is 2.92. The first-order valence-electron chi connectivity index (χ1n) is 8.93. The fourth-order valence-corrected chi connectivity index (χ4v) is 3.61. The Balaban J connectivity index is 1.45. The standard InChI is InChI=1S/C20H20ClN3O3/c21-14-2-1-3-17(12-14)24-19(25)13-18(20(24)26)22-15-4-6-16(7-5-15)23-8-10-27-11-9-23/h1-7,12,18,22H,8-11,13H2/t18-/m0/s1. The van der Waals surface area contributed by atoms with E-state index in [2.05, 4.69) is 10.2 Å².